The van der Waals surface area contributed by atoms with E-state index in [4.69, 9.17) is 13.6 Å². The Morgan fingerprint density at radius 1 is 0.421 bits per heavy atom. The highest BCUT2D eigenvalue weighted by molar-refractivity contribution is 7.42. The van der Waals surface area contributed by atoms with Crippen molar-refractivity contribution in [2.45, 2.75) is 168 Å². The van der Waals surface area contributed by atoms with Gasteiger partial charge in [-0.2, -0.15) is 0 Å². The van der Waals surface area contributed by atoms with Gasteiger partial charge in [0, 0.05) is 0 Å². The van der Waals surface area contributed by atoms with Crippen molar-refractivity contribution in [1.82, 2.24) is 0 Å². The smallest absolute Gasteiger partial charge is 0.397 e. The highest BCUT2D eigenvalue weighted by Gasteiger charge is 2.14. The Bertz CT molecular complexity index is 538. The topological polar surface area (TPSA) is 27.7 Å². The molecule has 1 aromatic carbocycles. The maximum absolute atomic E-state index is 6.07. The highest BCUT2D eigenvalue weighted by atomic mass is 31.2. The lowest BCUT2D eigenvalue weighted by Gasteiger charge is -2.17. The zero-order valence-corrected chi connectivity index (χ0v) is 26.3. The van der Waals surface area contributed by atoms with Crippen molar-refractivity contribution in [3.63, 3.8) is 0 Å². The van der Waals surface area contributed by atoms with Crippen LogP contribution in [0.25, 0.3) is 0 Å². The van der Waals surface area contributed by atoms with Crippen LogP contribution >= 0.6 is 8.60 Å². The van der Waals surface area contributed by atoms with Crippen molar-refractivity contribution in [2.24, 2.45) is 0 Å². The predicted octanol–water partition coefficient (Wildman–Crippen LogP) is 12.7. The van der Waals surface area contributed by atoms with Crippen LogP contribution in [0.15, 0.2) is 30.3 Å². The minimum absolute atomic E-state index is 0.731. The fraction of sp³-hybridized carbons (Fsp3) is 0.824. The van der Waals surface area contributed by atoms with Gasteiger partial charge < -0.3 is 13.6 Å². The third-order valence-electron chi connectivity index (χ3n) is 7.31. The van der Waals surface area contributed by atoms with Gasteiger partial charge >= 0.3 is 8.60 Å². The molecule has 0 spiro atoms. The van der Waals surface area contributed by atoms with Gasteiger partial charge in [0.05, 0.1) is 13.2 Å². The first kappa shape index (κ1) is 35.4. The molecule has 1 rings (SSSR count). The first-order valence-electron chi connectivity index (χ1n) is 16.7. The molecule has 0 amide bonds. The van der Waals surface area contributed by atoms with E-state index in [-0.39, 0.29) is 0 Å². The molecule has 0 aliphatic heterocycles. The Morgan fingerprint density at radius 2 is 0.737 bits per heavy atom. The molecule has 0 fully saturated rings. The summed E-state index contributed by atoms with van der Waals surface area (Å²) in [4.78, 5) is 0. The van der Waals surface area contributed by atoms with Gasteiger partial charge in [0.1, 0.15) is 5.75 Å². The molecule has 0 N–H and O–H groups in total. The van der Waals surface area contributed by atoms with Crippen molar-refractivity contribution >= 4 is 8.60 Å². The van der Waals surface area contributed by atoms with E-state index in [1.807, 2.05) is 30.3 Å². The van der Waals surface area contributed by atoms with Gasteiger partial charge in [-0.05, 0) is 25.0 Å². The van der Waals surface area contributed by atoms with Gasteiger partial charge in [-0.15, -0.1) is 0 Å². The first-order chi connectivity index (χ1) is 18.9. The zero-order valence-electron chi connectivity index (χ0n) is 25.4. The lowest BCUT2D eigenvalue weighted by Crippen LogP contribution is -2.01. The monoisotopic (exact) mass is 550 g/mol. The zero-order chi connectivity index (χ0) is 27.2. The molecular formula is C34H63O3P. The average Bonchev–Trinajstić information content (AvgIpc) is 2.94. The molecule has 0 saturated heterocycles. The van der Waals surface area contributed by atoms with Crippen LogP contribution in [-0.2, 0) is 9.05 Å². The Balaban J connectivity index is 2.04. The molecule has 0 atom stereocenters. The van der Waals surface area contributed by atoms with Crippen LogP contribution in [0.5, 0.6) is 5.75 Å². The summed E-state index contributed by atoms with van der Waals surface area (Å²) in [6.45, 7) is 6.04. The van der Waals surface area contributed by atoms with Crippen molar-refractivity contribution in [3.8, 4) is 5.75 Å². The standard InChI is InChI=1S/C34H63O3P/c1-3-5-7-9-11-13-15-17-19-21-23-28-32-35-38(37-34-30-26-25-27-31-34)36-33-29-24-22-20-18-16-14-12-10-8-6-4-2/h25-27,30-31H,3-24,28-29,32-33H2,1-2H3. The van der Waals surface area contributed by atoms with Crippen LogP contribution in [0.4, 0.5) is 0 Å². The van der Waals surface area contributed by atoms with E-state index in [2.05, 4.69) is 13.8 Å². The molecule has 0 aromatic heterocycles. The van der Waals surface area contributed by atoms with Gasteiger partial charge in [-0.25, -0.2) is 0 Å². The summed E-state index contributed by atoms with van der Waals surface area (Å²) >= 11 is 0. The molecule has 4 heteroatoms. The molecule has 0 unspecified atom stereocenters. The molecule has 222 valence electrons. The van der Waals surface area contributed by atoms with Gasteiger partial charge in [0.15, 0.2) is 0 Å². The number of rotatable bonds is 30. The van der Waals surface area contributed by atoms with Crippen molar-refractivity contribution in [2.75, 3.05) is 13.2 Å². The molecule has 0 radical (unpaired) electrons. The molecule has 38 heavy (non-hydrogen) atoms. The van der Waals surface area contributed by atoms with Crippen molar-refractivity contribution in [1.29, 1.82) is 0 Å². The Labute approximate surface area is 239 Å². The summed E-state index contributed by atoms with van der Waals surface area (Å²) in [7, 11) is -1.32. The maximum Gasteiger partial charge on any atom is 0.397 e. The van der Waals surface area contributed by atoms with Crippen molar-refractivity contribution < 1.29 is 13.6 Å². The van der Waals surface area contributed by atoms with Crippen molar-refractivity contribution in [3.05, 3.63) is 30.3 Å². The van der Waals surface area contributed by atoms with Gasteiger partial charge in [-0.3, -0.25) is 0 Å². The summed E-state index contributed by atoms with van der Waals surface area (Å²) in [6.07, 6.45) is 32.5. The summed E-state index contributed by atoms with van der Waals surface area (Å²) in [5.74, 6) is 0.836. The fourth-order valence-electron chi connectivity index (χ4n) is 4.82. The van der Waals surface area contributed by atoms with Crippen LogP contribution < -0.4 is 4.52 Å². The molecule has 3 nitrogen and oxygen atoms in total. The quantitative estimate of drug-likeness (QED) is 0.0704. The first-order valence-corrected chi connectivity index (χ1v) is 17.7. The number of benzene rings is 1. The molecule has 0 saturated carbocycles. The Hall–Kier alpha value is -0.630. The minimum atomic E-state index is -1.32. The van der Waals surface area contributed by atoms with Gasteiger partial charge in [0.2, 0.25) is 0 Å². The molecule has 0 heterocycles. The number of hydrogen-bond acceptors (Lipinski definition) is 3. The van der Waals surface area contributed by atoms with Crippen LogP contribution in [0, 0.1) is 0 Å². The second-order valence-electron chi connectivity index (χ2n) is 11.1. The third-order valence-corrected chi connectivity index (χ3v) is 8.46. The Morgan fingerprint density at radius 3 is 1.08 bits per heavy atom. The molecule has 0 bridgehead atoms. The maximum atomic E-state index is 6.07. The van der Waals surface area contributed by atoms with Crippen LogP contribution in [0.1, 0.15) is 168 Å². The molecule has 0 aliphatic rings. The summed E-state index contributed by atoms with van der Waals surface area (Å²) in [6, 6.07) is 9.97. The second kappa shape index (κ2) is 29.4. The SMILES string of the molecule is CCCCCCCCCCCCCCOP(OCCCCCCCCCCCCCC)Oc1ccccc1. The predicted molar refractivity (Wildman–Crippen MR) is 168 cm³/mol. The minimum Gasteiger partial charge on any atom is -0.427 e. The van der Waals surface area contributed by atoms with Crippen LogP contribution in [0.2, 0.25) is 0 Å². The number of unbranched alkanes of at least 4 members (excludes halogenated alkanes) is 22. The van der Waals surface area contributed by atoms with E-state index >= 15 is 0 Å². The summed E-state index contributed by atoms with van der Waals surface area (Å²) < 4.78 is 18.2. The average molecular weight is 551 g/mol. The molecule has 0 aliphatic carbocycles. The summed E-state index contributed by atoms with van der Waals surface area (Å²) in [5, 5.41) is 0. The van der Waals surface area contributed by atoms with Crippen LogP contribution in [-0.4, -0.2) is 13.2 Å². The van der Waals surface area contributed by atoms with E-state index in [1.54, 1.807) is 0 Å². The largest absolute Gasteiger partial charge is 0.427 e. The number of para-hydroxylation sites is 1. The van der Waals surface area contributed by atoms with Gasteiger partial charge in [0.25, 0.3) is 0 Å². The van der Waals surface area contributed by atoms with Crippen LogP contribution in [0.3, 0.4) is 0 Å². The normalized spacial score (nSPS) is 11.4. The third kappa shape index (κ3) is 24.4. The van der Waals surface area contributed by atoms with E-state index in [1.165, 1.54) is 141 Å². The second-order valence-corrected chi connectivity index (χ2v) is 12.2. The summed E-state index contributed by atoms with van der Waals surface area (Å²) in [5.41, 5.74) is 0. The lowest BCUT2D eigenvalue weighted by atomic mass is 10.1. The van der Waals surface area contributed by atoms with E-state index in [9.17, 15) is 0 Å². The van der Waals surface area contributed by atoms with E-state index in [0.29, 0.717) is 0 Å². The molecule has 1 aromatic rings. The molecular weight excluding hydrogens is 487 g/mol. The highest BCUT2D eigenvalue weighted by Crippen LogP contribution is 2.41. The lowest BCUT2D eigenvalue weighted by molar-refractivity contribution is 0.198. The van der Waals surface area contributed by atoms with E-state index in [0.717, 1.165) is 31.8 Å². The van der Waals surface area contributed by atoms with E-state index < -0.39 is 8.60 Å². The van der Waals surface area contributed by atoms with Gasteiger partial charge in [-0.1, -0.05) is 173 Å². The fourth-order valence-corrected chi connectivity index (χ4v) is 5.85. The number of hydrogen-bond donors (Lipinski definition) is 0. The Kier molecular flexibility index (Phi) is 27.3.